The molecular formula is C40H36N2O7S. The maximum absolute atomic E-state index is 12.9. The summed E-state index contributed by atoms with van der Waals surface area (Å²) in [6.07, 6.45) is 0.0513. The van der Waals surface area contributed by atoms with Crippen LogP contribution in [0.3, 0.4) is 0 Å². The summed E-state index contributed by atoms with van der Waals surface area (Å²) in [6, 6.07) is 35.0. The number of aliphatic hydroxyl groups is 1. The van der Waals surface area contributed by atoms with E-state index in [4.69, 9.17) is 9.47 Å². The van der Waals surface area contributed by atoms with Gasteiger partial charge < -0.3 is 25.0 Å². The fourth-order valence-electron chi connectivity index (χ4n) is 5.98. The number of thioether (sulfide) groups is 1. The Balaban J connectivity index is 1.27. The fourth-order valence-corrected chi connectivity index (χ4v) is 7.03. The highest BCUT2D eigenvalue weighted by atomic mass is 32.2. The maximum Gasteiger partial charge on any atom is 0.338 e. The molecule has 0 saturated carbocycles. The van der Waals surface area contributed by atoms with Gasteiger partial charge in [0.15, 0.2) is 12.1 Å². The highest BCUT2D eigenvalue weighted by molar-refractivity contribution is 7.99. The molecule has 10 heteroatoms. The standard InChI is InChI=1S/C40H36N2O7S/c1-25(44)31-9-5-10-32(22-31)42-35(45)21-26-12-18-30(19-13-26)40-48-34(24-50-38-33(39(46)47)11-6-20-41-38)36(28-7-3-2-4-8-28)37(49-40)29-16-14-27(23-43)15-17-29/h2-20,22,34,36-37,40,43H,21,23-24H2,1H3,(H,42,45)(H,46,47). The van der Waals surface area contributed by atoms with E-state index in [1.54, 1.807) is 36.5 Å². The zero-order chi connectivity index (χ0) is 35.0. The van der Waals surface area contributed by atoms with Gasteiger partial charge in [-0.3, -0.25) is 9.59 Å². The second-order valence-corrected chi connectivity index (χ2v) is 13.0. The number of pyridine rings is 1. The first-order valence-electron chi connectivity index (χ1n) is 16.2. The normalized spacial score (nSPS) is 18.7. The van der Waals surface area contributed by atoms with Gasteiger partial charge in [0.05, 0.1) is 30.8 Å². The molecule has 5 aromatic rings. The molecule has 0 bridgehead atoms. The molecule has 1 amide bonds. The molecule has 0 radical (unpaired) electrons. The summed E-state index contributed by atoms with van der Waals surface area (Å²) in [7, 11) is 0. The summed E-state index contributed by atoms with van der Waals surface area (Å²) in [5, 5.41) is 22.7. The summed E-state index contributed by atoms with van der Waals surface area (Å²) in [6.45, 7) is 1.40. The van der Waals surface area contributed by atoms with Crippen LogP contribution in [-0.2, 0) is 27.3 Å². The van der Waals surface area contributed by atoms with Crippen molar-refractivity contribution in [1.29, 1.82) is 0 Å². The molecule has 50 heavy (non-hydrogen) atoms. The van der Waals surface area contributed by atoms with Gasteiger partial charge in [-0.05, 0) is 53.4 Å². The Morgan fingerprint density at radius 3 is 2.22 bits per heavy atom. The second kappa shape index (κ2) is 16.1. The van der Waals surface area contributed by atoms with Crippen molar-refractivity contribution in [3.8, 4) is 0 Å². The van der Waals surface area contributed by atoms with E-state index < -0.39 is 24.5 Å². The number of rotatable bonds is 12. The summed E-state index contributed by atoms with van der Waals surface area (Å²) in [5.74, 6) is -1.21. The molecule has 4 unspecified atom stereocenters. The Bertz CT molecular complexity index is 1950. The van der Waals surface area contributed by atoms with Crippen molar-refractivity contribution in [1.82, 2.24) is 4.98 Å². The van der Waals surface area contributed by atoms with E-state index >= 15 is 0 Å². The highest BCUT2D eigenvalue weighted by Gasteiger charge is 2.42. The third kappa shape index (κ3) is 8.35. The number of carbonyl (C=O) groups excluding carboxylic acids is 2. The van der Waals surface area contributed by atoms with Crippen LogP contribution in [-0.4, -0.2) is 44.7 Å². The zero-order valence-electron chi connectivity index (χ0n) is 27.3. The predicted octanol–water partition coefficient (Wildman–Crippen LogP) is 7.39. The van der Waals surface area contributed by atoms with Gasteiger partial charge in [0.1, 0.15) is 5.03 Å². The molecule has 1 aliphatic heterocycles. The minimum absolute atomic E-state index is 0.0779. The molecule has 6 rings (SSSR count). The first kappa shape index (κ1) is 34.7. The quantitative estimate of drug-likeness (QED) is 0.0906. The van der Waals surface area contributed by atoms with Crippen molar-refractivity contribution in [3.63, 3.8) is 0 Å². The number of aliphatic hydroxyl groups excluding tert-OH is 1. The summed E-state index contributed by atoms with van der Waals surface area (Å²) in [5.41, 5.74) is 5.43. The first-order valence-corrected chi connectivity index (χ1v) is 17.1. The van der Waals surface area contributed by atoms with Gasteiger partial charge >= 0.3 is 5.97 Å². The number of Topliss-reactive ketones (excluding diaryl/α,β-unsaturated/α-hetero) is 1. The van der Waals surface area contributed by atoms with Crippen molar-refractivity contribution in [2.45, 2.75) is 49.4 Å². The van der Waals surface area contributed by atoms with Crippen LogP contribution < -0.4 is 5.32 Å². The Morgan fingerprint density at radius 2 is 1.52 bits per heavy atom. The van der Waals surface area contributed by atoms with Crippen LogP contribution in [0, 0.1) is 0 Å². The molecule has 1 aromatic heterocycles. The van der Waals surface area contributed by atoms with Crippen LogP contribution >= 0.6 is 11.8 Å². The maximum atomic E-state index is 12.9. The Kier molecular flexibility index (Phi) is 11.1. The largest absolute Gasteiger partial charge is 0.478 e. The fraction of sp³-hybridized carbons (Fsp3) is 0.200. The Labute approximate surface area is 294 Å². The van der Waals surface area contributed by atoms with E-state index in [2.05, 4.69) is 10.3 Å². The number of carboxylic acids is 1. The third-order valence-electron chi connectivity index (χ3n) is 8.53. The lowest BCUT2D eigenvalue weighted by Crippen LogP contribution is -2.38. The summed E-state index contributed by atoms with van der Waals surface area (Å²) in [4.78, 5) is 40.9. The van der Waals surface area contributed by atoms with Crippen LogP contribution in [0.25, 0.3) is 0 Å². The monoisotopic (exact) mass is 688 g/mol. The van der Waals surface area contributed by atoms with Crippen LogP contribution in [0.1, 0.15) is 73.8 Å². The number of hydrogen-bond acceptors (Lipinski definition) is 8. The number of aromatic carboxylic acids is 1. The number of carbonyl (C=O) groups is 3. The lowest BCUT2D eigenvalue weighted by molar-refractivity contribution is -0.255. The smallest absolute Gasteiger partial charge is 0.338 e. The topological polar surface area (TPSA) is 135 Å². The van der Waals surface area contributed by atoms with Gasteiger partial charge in [0.25, 0.3) is 0 Å². The molecule has 4 atom stereocenters. The lowest BCUT2D eigenvalue weighted by atomic mass is 9.84. The van der Waals surface area contributed by atoms with E-state index in [-0.39, 0.29) is 36.2 Å². The van der Waals surface area contributed by atoms with Crippen molar-refractivity contribution >= 4 is 35.1 Å². The van der Waals surface area contributed by atoms with Gasteiger partial charge in [-0.15, -0.1) is 11.8 Å². The third-order valence-corrected chi connectivity index (χ3v) is 9.62. The highest BCUT2D eigenvalue weighted by Crippen LogP contribution is 2.48. The number of amides is 1. The number of hydrogen-bond donors (Lipinski definition) is 3. The first-order chi connectivity index (χ1) is 24.3. The number of nitrogens with one attached hydrogen (secondary N) is 1. The molecule has 1 aliphatic rings. The van der Waals surface area contributed by atoms with Gasteiger partial charge in [0.2, 0.25) is 5.91 Å². The number of benzene rings is 4. The van der Waals surface area contributed by atoms with Crippen molar-refractivity contribution in [2.24, 2.45) is 0 Å². The molecule has 254 valence electrons. The van der Waals surface area contributed by atoms with Crippen LogP contribution in [0.15, 0.2) is 126 Å². The van der Waals surface area contributed by atoms with Crippen LogP contribution in [0.2, 0.25) is 0 Å². The molecule has 0 aliphatic carbocycles. The minimum Gasteiger partial charge on any atom is -0.478 e. The van der Waals surface area contributed by atoms with E-state index in [9.17, 15) is 24.6 Å². The van der Waals surface area contributed by atoms with Gasteiger partial charge in [0, 0.05) is 34.7 Å². The molecular weight excluding hydrogens is 653 g/mol. The van der Waals surface area contributed by atoms with Gasteiger partial charge in [-0.25, -0.2) is 9.78 Å². The summed E-state index contributed by atoms with van der Waals surface area (Å²) < 4.78 is 13.5. The summed E-state index contributed by atoms with van der Waals surface area (Å²) >= 11 is 1.32. The second-order valence-electron chi connectivity index (χ2n) is 12.0. The van der Waals surface area contributed by atoms with Crippen molar-refractivity contribution in [3.05, 3.63) is 160 Å². The Hall–Kier alpha value is -5.13. The zero-order valence-corrected chi connectivity index (χ0v) is 28.1. The lowest BCUT2D eigenvalue weighted by Gasteiger charge is -2.43. The van der Waals surface area contributed by atoms with Gasteiger partial charge in [-0.2, -0.15) is 0 Å². The number of aromatic nitrogens is 1. The molecule has 9 nitrogen and oxygen atoms in total. The predicted molar refractivity (Wildman–Crippen MR) is 190 cm³/mol. The molecule has 2 heterocycles. The van der Waals surface area contributed by atoms with Crippen LogP contribution in [0.5, 0.6) is 0 Å². The minimum atomic E-state index is -1.05. The molecule has 1 fully saturated rings. The molecule has 1 saturated heterocycles. The average molecular weight is 689 g/mol. The van der Waals surface area contributed by atoms with E-state index in [1.807, 2.05) is 78.9 Å². The number of ketones is 1. The molecule has 0 spiro atoms. The van der Waals surface area contributed by atoms with Gasteiger partial charge in [-0.1, -0.05) is 91.0 Å². The average Bonchev–Trinajstić information content (AvgIpc) is 3.14. The van der Waals surface area contributed by atoms with Crippen molar-refractivity contribution in [2.75, 3.05) is 11.1 Å². The Morgan fingerprint density at radius 1 is 0.800 bits per heavy atom. The van der Waals surface area contributed by atoms with E-state index in [0.29, 0.717) is 22.0 Å². The molecule has 3 N–H and O–H groups in total. The van der Waals surface area contributed by atoms with E-state index in [1.165, 1.54) is 24.8 Å². The van der Waals surface area contributed by atoms with E-state index in [0.717, 1.165) is 27.8 Å². The number of nitrogens with zero attached hydrogens (tertiary/aromatic N) is 1. The van der Waals surface area contributed by atoms with Crippen LogP contribution in [0.4, 0.5) is 5.69 Å². The number of carboxylic acid groups (broad SMARTS) is 1. The SMILES string of the molecule is CC(=O)c1cccc(NC(=O)Cc2ccc(C3OC(CSc4ncccc4C(=O)O)C(c4ccccc4)C(c4ccc(CO)cc4)O3)cc2)c1. The molecule has 4 aromatic carbocycles. The van der Waals surface area contributed by atoms with Crippen molar-refractivity contribution < 1.29 is 34.1 Å². The number of anilines is 1. The number of ether oxygens (including phenoxy) is 2.